The lowest BCUT2D eigenvalue weighted by Crippen LogP contribution is -2.02. The number of aromatic nitrogens is 1. The van der Waals surface area contributed by atoms with Crippen LogP contribution in [0.2, 0.25) is 0 Å². The second-order valence-corrected chi connectivity index (χ2v) is 19.3. The number of hydrogen-bond acceptors (Lipinski definition) is 3. The van der Waals surface area contributed by atoms with E-state index in [-0.39, 0.29) is 16.7 Å². The molecule has 71 heavy (non-hydrogen) atoms. The molecule has 0 fully saturated rings. The number of nitrogens with zero attached hydrogens (tertiary/aromatic N) is 2. The summed E-state index contributed by atoms with van der Waals surface area (Å²) in [7, 11) is 0. The van der Waals surface area contributed by atoms with E-state index < -0.39 is 13.7 Å². The first-order valence-electron chi connectivity index (χ1n) is 26.8. The Labute approximate surface area is 425 Å². The van der Waals surface area contributed by atoms with Crippen LogP contribution in [0.3, 0.4) is 0 Å². The summed E-state index contributed by atoms with van der Waals surface area (Å²) >= 11 is 1.79. The van der Waals surface area contributed by atoms with E-state index in [1.807, 2.05) is 103 Å². The first-order valence-corrected chi connectivity index (χ1v) is 24.6. The van der Waals surface area contributed by atoms with Crippen molar-refractivity contribution in [3.05, 3.63) is 235 Å². The van der Waals surface area contributed by atoms with Gasteiger partial charge in [0.05, 0.1) is 11.3 Å². The van der Waals surface area contributed by atoms with Gasteiger partial charge < -0.3 is 0 Å². The molecule has 2 aliphatic rings. The summed E-state index contributed by atoms with van der Waals surface area (Å²) < 4.78 is 59.1. The summed E-state index contributed by atoms with van der Waals surface area (Å²) in [5.74, 6) is 0. The number of thiophene rings is 1. The first kappa shape index (κ1) is 35.2. The fraction of sp³-hybridized carbons (Fsp3) is 0.0294. The van der Waals surface area contributed by atoms with Crippen molar-refractivity contribution in [1.29, 1.82) is 5.26 Å². The van der Waals surface area contributed by atoms with Crippen molar-refractivity contribution in [2.75, 3.05) is 0 Å². The quantitative estimate of drug-likeness (QED) is 0.177. The number of fused-ring (bicyclic) bond motifs is 19. The highest BCUT2D eigenvalue weighted by atomic mass is 32.1. The zero-order valence-corrected chi connectivity index (χ0v) is 38.9. The largest absolute Gasteiger partial charge is 0.256 e. The number of hydrogen-bond donors (Lipinski definition) is 0. The molecule has 3 heteroatoms. The Bertz CT molecular complexity index is 4510. The number of rotatable bonds is 3. The van der Waals surface area contributed by atoms with Gasteiger partial charge in [-0.2, -0.15) is 5.26 Å². The van der Waals surface area contributed by atoms with Crippen molar-refractivity contribution in [3.63, 3.8) is 0 Å². The minimum atomic E-state index is -2.69. The lowest BCUT2D eigenvalue weighted by Gasteiger charge is -2.26. The van der Waals surface area contributed by atoms with Gasteiger partial charge in [-0.05, 0) is 138 Å². The highest BCUT2D eigenvalue weighted by Gasteiger charge is 2.28. The molecule has 0 atom stereocenters. The lowest BCUT2D eigenvalue weighted by molar-refractivity contribution is 1.32. The molecule has 2 heterocycles. The van der Waals surface area contributed by atoms with Crippen molar-refractivity contribution < 1.29 is 8.22 Å². The van der Waals surface area contributed by atoms with E-state index in [2.05, 4.69) is 91.0 Å². The summed E-state index contributed by atoms with van der Waals surface area (Å²) in [5.41, 5.74) is 17.0. The maximum absolute atomic E-state index is 11.5. The highest BCUT2D eigenvalue weighted by Crippen LogP contribution is 2.54. The van der Waals surface area contributed by atoms with Gasteiger partial charge in [-0.25, -0.2) is 0 Å². The third kappa shape index (κ3) is 6.15. The summed E-state index contributed by atoms with van der Waals surface area (Å²) in [6.07, 6.45) is 1.76. The van der Waals surface area contributed by atoms with Crippen LogP contribution in [-0.4, -0.2) is 4.98 Å². The Morgan fingerprint density at radius 1 is 0.380 bits per heavy atom. The third-order valence-corrected chi connectivity index (χ3v) is 15.9. The molecule has 0 aliphatic heterocycles. The van der Waals surface area contributed by atoms with Crippen LogP contribution in [0, 0.1) is 25.0 Å². The molecule has 12 aromatic rings. The predicted octanol–water partition coefficient (Wildman–Crippen LogP) is 18.9. The van der Waals surface area contributed by atoms with Gasteiger partial charge in [0.25, 0.3) is 0 Å². The molecular weight excluding hydrogens is 877 g/mol. The molecule has 2 nitrogen and oxygen atoms in total. The van der Waals surface area contributed by atoms with Gasteiger partial charge in [-0.3, -0.25) is 4.98 Å². The average molecular weight is 925 g/mol. The van der Waals surface area contributed by atoms with E-state index in [4.69, 9.17) is 4.98 Å². The average Bonchev–Trinajstić information content (AvgIpc) is 3.84. The van der Waals surface area contributed by atoms with Crippen molar-refractivity contribution in [1.82, 2.24) is 4.98 Å². The minimum Gasteiger partial charge on any atom is -0.256 e. The second kappa shape index (κ2) is 16.1. The van der Waals surface area contributed by atoms with Crippen molar-refractivity contribution >= 4 is 31.5 Å². The molecule has 0 amide bonds. The van der Waals surface area contributed by atoms with Gasteiger partial charge in [-0.1, -0.05) is 194 Å². The maximum atomic E-state index is 11.5. The normalized spacial score (nSPS) is 13.4. The molecular formula is C68H42N2S. The molecule has 0 unspecified atom stereocenters. The zero-order chi connectivity index (χ0) is 52.3. The Morgan fingerprint density at radius 2 is 0.831 bits per heavy atom. The number of pyridine rings is 1. The Balaban J connectivity index is 1.02. The van der Waals surface area contributed by atoms with Gasteiger partial charge in [0, 0.05) is 56.8 Å². The van der Waals surface area contributed by atoms with E-state index in [1.54, 1.807) is 41.8 Å². The highest BCUT2D eigenvalue weighted by molar-refractivity contribution is 7.26. The van der Waals surface area contributed by atoms with Crippen LogP contribution in [0.1, 0.15) is 24.9 Å². The van der Waals surface area contributed by atoms with Crippen molar-refractivity contribution in [2.45, 2.75) is 13.7 Å². The molecule has 14 rings (SSSR count). The molecule has 2 aromatic heterocycles. The standard InChI is InChI=1S/C68H42N2S/c1-40-43(46-26-14-27-47(63(46)39-69)44-34-36-58-60-29-15-37-70-67(60)59-24-10-7-19-51(59)50-18-6-9-23-56(50)66(58)41(44)2)33-35-57-53-32-31-42(45-25-13-28-61-54-21-11-12-30-64(54)71-68(45)61)38-62(53)52-20-4-3-16-48(52)49-17-5-8-22-55(49)65(40)57/h3-38H,1-2H3/i1D3,2D3. The number of nitriles is 1. The Morgan fingerprint density at radius 3 is 1.48 bits per heavy atom. The molecule has 0 N–H and O–H groups in total. The zero-order valence-electron chi connectivity index (χ0n) is 44.1. The molecule has 330 valence electrons. The van der Waals surface area contributed by atoms with Crippen LogP contribution in [0.5, 0.6) is 0 Å². The summed E-state index contributed by atoms with van der Waals surface area (Å²) in [6.45, 7) is -5.37. The lowest BCUT2D eigenvalue weighted by atomic mass is 9.77. The summed E-state index contributed by atoms with van der Waals surface area (Å²) in [4.78, 5) is 4.89. The van der Waals surface area contributed by atoms with Crippen molar-refractivity contribution in [2.24, 2.45) is 0 Å². The van der Waals surface area contributed by atoms with Gasteiger partial charge in [0.15, 0.2) is 0 Å². The van der Waals surface area contributed by atoms with Crippen molar-refractivity contribution in [3.8, 4) is 129 Å². The van der Waals surface area contributed by atoms with Crippen LogP contribution in [0.4, 0.5) is 0 Å². The molecule has 0 radical (unpaired) electrons. The smallest absolute Gasteiger partial charge is 0.100 e. The monoisotopic (exact) mass is 924 g/mol. The molecule has 0 spiro atoms. The van der Waals surface area contributed by atoms with E-state index in [0.29, 0.717) is 38.9 Å². The molecule has 2 aliphatic carbocycles. The Kier molecular flexibility index (Phi) is 7.97. The van der Waals surface area contributed by atoms with Crippen LogP contribution < -0.4 is 0 Å². The van der Waals surface area contributed by atoms with Crippen LogP contribution in [-0.2, 0) is 0 Å². The van der Waals surface area contributed by atoms with Gasteiger partial charge in [0.1, 0.15) is 6.07 Å². The predicted molar refractivity (Wildman–Crippen MR) is 298 cm³/mol. The van der Waals surface area contributed by atoms with Crippen LogP contribution in [0.25, 0.3) is 143 Å². The van der Waals surface area contributed by atoms with Gasteiger partial charge in [-0.15, -0.1) is 11.3 Å². The molecule has 0 bridgehead atoms. The van der Waals surface area contributed by atoms with Crippen LogP contribution in [0.15, 0.2) is 219 Å². The third-order valence-electron chi connectivity index (χ3n) is 14.7. The van der Waals surface area contributed by atoms with Gasteiger partial charge >= 0.3 is 0 Å². The fourth-order valence-corrected chi connectivity index (χ4v) is 12.8. The SMILES string of the molecule is [2H]C([2H])([2H])c1c(-c2cccc(-c3ccc4c(c3C([2H])([2H])[2H])-c3ccccc3-c3ccccc3-c3ncccc3-4)c2C#N)ccc2c1-c1ccccc1-c1ccccc1-c1cc(-c3cccc4c3sc3ccccc34)ccc1-2. The van der Waals surface area contributed by atoms with Gasteiger partial charge in [0.2, 0.25) is 0 Å². The number of benzene rings is 10. The van der Waals surface area contributed by atoms with E-state index in [9.17, 15) is 13.5 Å². The second-order valence-electron chi connectivity index (χ2n) is 18.3. The Hall–Kier alpha value is -8.94. The summed E-state index contributed by atoms with van der Waals surface area (Å²) in [5, 5.41) is 14.0. The van der Waals surface area contributed by atoms with E-state index >= 15 is 0 Å². The first-order chi connectivity index (χ1) is 37.5. The molecule has 0 saturated heterocycles. The molecule has 0 saturated carbocycles. The fourth-order valence-electron chi connectivity index (χ4n) is 11.5. The minimum absolute atomic E-state index is 0.0895. The maximum Gasteiger partial charge on any atom is 0.100 e. The van der Waals surface area contributed by atoms with E-state index in [0.717, 1.165) is 83.6 Å². The van der Waals surface area contributed by atoms with Crippen LogP contribution >= 0.6 is 11.3 Å². The molecule has 10 aromatic carbocycles. The topological polar surface area (TPSA) is 36.7 Å². The summed E-state index contributed by atoms with van der Waals surface area (Å²) in [6, 6.07) is 73.0. The van der Waals surface area contributed by atoms with E-state index in [1.165, 1.54) is 20.2 Å².